The van der Waals surface area contributed by atoms with Crippen molar-refractivity contribution in [2.45, 2.75) is 23.8 Å². The molecule has 4 rings (SSSR count). The Kier molecular flexibility index (Phi) is 4.64. The fraction of sp³-hybridized carbons (Fsp3) is 0.263. The maximum absolute atomic E-state index is 13.3. The molecule has 0 spiro atoms. The third kappa shape index (κ3) is 3.27. The van der Waals surface area contributed by atoms with Crippen LogP contribution in [0.4, 0.5) is 10.1 Å². The van der Waals surface area contributed by atoms with Crippen LogP contribution in [0.1, 0.15) is 23.2 Å². The fourth-order valence-electron chi connectivity index (χ4n) is 3.46. The second-order valence-electron chi connectivity index (χ2n) is 6.67. The van der Waals surface area contributed by atoms with E-state index in [1.807, 2.05) is 0 Å². The number of ether oxygens (including phenoxy) is 1. The molecule has 2 aliphatic heterocycles. The molecule has 146 valence electrons. The first-order chi connectivity index (χ1) is 13.4. The molecule has 2 aromatic rings. The van der Waals surface area contributed by atoms with Gasteiger partial charge in [-0.2, -0.15) is 4.31 Å². The molecule has 28 heavy (non-hydrogen) atoms. The molecule has 0 aromatic heterocycles. The van der Waals surface area contributed by atoms with E-state index in [0.717, 1.165) is 0 Å². The molecule has 2 aromatic carbocycles. The van der Waals surface area contributed by atoms with Crippen LogP contribution >= 0.6 is 0 Å². The summed E-state index contributed by atoms with van der Waals surface area (Å²) in [5.74, 6) is -1.62. The van der Waals surface area contributed by atoms with Crippen molar-refractivity contribution in [3.05, 3.63) is 53.8 Å². The molecule has 2 aliphatic rings. The van der Waals surface area contributed by atoms with Crippen LogP contribution in [0, 0.1) is 5.82 Å². The number of anilines is 1. The zero-order valence-corrected chi connectivity index (χ0v) is 15.5. The van der Waals surface area contributed by atoms with Gasteiger partial charge in [0.05, 0.1) is 22.2 Å². The van der Waals surface area contributed by atoms with E-state index in [-0.39, 0.29) is 17.1 Å². The van der Waals surface area contributed by atoms with Gasteiger partial charge in [0.1, 0.15) is 18.2 Å². The third-order valence-corrected chi connectivity index (χ3v) is 6.81. The SMILES string of the molecule is O=C1Nc2ccc(S(=O)(=O)N3CCC[C@H]3COc3cccc(F)c3)cc2C1=O. The Hall–Kier alpha value is -2.78. The maximum Gasteiger partial charge on any atom is 0.296 e. The lowest BCUT2D eigenvalue weighted by Crippen LogP contribution is -2.39. The van der Waals surface area contributed by atoms with Gasteiger partial charge in [0.15, 0.2) is 0 Å². The molecule has 0 radical (unpaired) electrons. The Morgan fingerprint density at radius 3 is 2.79 bits per heavy atom. The Morgan fingerprint density at radius 2 is 2.00 bits per heavy atom. The largest absolute Gasteiger partial charge is 0.492 e. The zero-order valence-electron chi connectivity index (χ0n) is 14.7. The van der Waals surface area contributed by atoms with Crippen molar-refractivity contribution in [1.82, 2.24) is 4.31 Å². The molecule has 0 bridgehead atoms. The van der Waals surface area contributed by atoms with E-state index >= 15 is 0 Å². The number of hydrogen-bond acceptors (Lipinski definition) is 5. The second-order valence-corrected chi connectivity index (χ2v) is 8.56. The third-order valence-electron chi connectivity index (χ3n) is 4.86. The standard InChI is InChI=1S/C19H17FN2O5S/c20-12-3-1-5-14(9-12)27-11-13-4-2-8-22(13)28(25,26)15-6-7-17-16(10-15)18(23)19(24)21-17/h1,3,5-7,9-10,13H,2,4,8,11H2,(H,21,23,24)/t13-/m0/s1. The number of carbonyl (C=O) groups is 2. The van der Waals surface area contributed by atoms with Crippen LogP contribution < -0.4 is 10.1 Å². The molecule has 7 nitrogen and oxygen atoms in total. The first-order valence-corrected chi connectivity index (χ1v) is 10.2. The van der Waals surface area contributed by atoms with Gasteiger partial charge in [0.25, 0.3) is 11.7 Å². The van der Waals surface area contributed by atoms with Crippen molar-refractivity contribution in [3.8, 4) is 5.75 Å². The Balaban J connectivity index is 1.55. The smallest absolute Gasteiger partial charge is 0.296 e. The predicted molar refractivity (Wildman–Crippen MR) is 98.2 cm³/mol. The Morgan fingerprint density at radius 1 is 1.18 bits per heavy atom. The van der Waals surface area contributed by atoms with E-state index in [0.29, 0.717) is 30.8 Å². The first-order valence-electron chi connectivity index (χ1n) is 8.76. The number of sulfonamides is 1. The minimum atomic E-state index is -3.87. The number of Topliss-reactive ketones (excluding diaryl/α,β-unsaturated/α-hetero) is 1. The number of nitrogens with zero attached hydrogens (tertiary/aromatic N) is 1. The number of benzene rings is 2. The van der Waals surface area contributed by atoms with Gasteiger partial charge in [-0.15, -0.1) is 0 Å². The Labute approximate surface area is 161 Å². The molecule has 0 aliphatic carbocycles. The van der Waals surface area contributed by atoms with Crippen LogP contribution in [-0.4, -0.2) is 43.6 Å². The summed E-state index contributed by atoms with van der Waals surface area (Å²) in [5.41, 5.74) is 0.360. The summed E-state index contributed by atoms with van der Waals surface area (Å²) in [6.45, 7) is 0.411. The maximum atomic E-state index is 13.3. The number of carbonyl (C=O) groups excluding carboxylic acids is 2. The fourth-order valence-corrected chi connectivity index (χ4v) is 5.16. The van der Waals surface area contributed by atoms with Crippen molar-refractivity contribution in [2.24, 2.45) is 0 Å². The van der Waals surface area contributed by atoms with E-state index in [1.54, 1.807) is 6.07 Å². The van der Waals surface area contributed by atoms with E-state index in [4.69, 9.17) is 4.74 Å². The summed E-state index contributed by atoms with van der Waals surface area (Å²) >= 11 is 0. The van der Waals surface area contributed by atoms with Crippen molar-refractivity contribution < 1.29 is 27.1 Å². The molecule has 9 heteroatoms. The lowest BCUT2D eigenvalue weighted by molar-refractivity contribution is -0.112. The van der Waals surface area contributed by atoms with Crippen LogP contribution in [0.3, 0.4) is 0 Å². The van der Waals surface area contributed by atoms with Gasteiger partial charge >= 0.3 is 0 Å². The molecule has 1 atom stereocenters. The van der Waals surface area contributed by atoms with Crippen molar-refractivity contribution in [2.75, 3.05) is 18.5 Å². The number of ketones is 1. The lowest BCUT2D eigenvalue weighted by Gasteiger charge is -2.24. The quantitative estimate of drug-likeness (QED) is 0.772. The number of amides is 1. The molecule has 1 amide bonds. The first kappa shape index (κ1) is 18.6. The van der Waals surface area contributed by atoms with Crippen LogP contribution in [0.15, 0.2) is 47.4 Å². The number of hydrogen-bond donors (Lipinski definition) is 1. The van der Waals surface area contributed by atoms with Crippen molar-refractivity contribution in [3.63, 3.8) is 0 Å². The minimum Gasteiger partial charge on any atom is -0.492 e. The van der Waals surface area contributed by atoms with Gasteiger partial charge in [0, 0.05) is 12.6 Å². The average Bonchev–Trinajstić information content (AvgIpc) is 3.25. The highest BCUT2D eigenvalue weighted by atomic mass is 32.2. The monoisotopic (exact) mass is 404 g/mol. The van der Waals surface area contributed by atoms with Crippen LogP contribution in [0.5, 0.6) is 5.75 Å². The zero-order chi connectivity index (χ0) is 19.9. The van der Waals surface area contributed by atoms with E-state index in [1.165, 1.54) is 40.7 Å². The molecule has 2 heterocycles. The molecule has 1 fully saturated rings. The molecule has 0 saturated carbocycles. The molecule has 1 saturated heterocycles. The molecule has 1 N–H and O–H groups in total. The molecular weight excluding hydrogens is 387 g/mol. The summed E-state index contributed by atoms with van der Waals surface area (Å²) in [7, 11) is -3.87. The Bertz CT molecular complexity index is 1070. The summed E-state index contributed by atoms with van der Waals surface area (Å²) in [5, 5.41) is 2.40. The van der Waals surface area contributed by atoms with Gasteiger partial charge < -0.3 is 10.1 Å². The number of rotatable bonds is 5. The van der Waals surface area contributed by atoms with Gasteiger partial charge in [-0.3, -0.25) is 9.59 Å². The van der Waals surface area contributed by atoms with E-state index in [9.17, 15) is 22.4 Å². The van der Waals surface area contributed by atoms with Crippen LogP contribution in [-0.2, 0) is 14.8 Å². The summed E-state index contributed by atoms with van der Waals surface area (Å²) in [6, 6.07) is 9.27. The van der Waals surface area contributed by atoms with E-state index in [2.05, 4.69) is 5.32 Å². The van der Waals surface area contributed by atoms with Gasteiger partial charge in [-0.1, -0.05) is 6.07 Å². The lowest BCUT2D eigenvalue weighted by atomic mass is 10.1. The summed E-state index contributed by atoms with van der Waals surface area (Å²) in [6.07, 6.45) is 1.28. The highest BCUT2D eigenvalue weighted by Gasteiger charge is 2.37. The van der Waals surface area contributed by atoms with Gasteiger partial charge in [-0.25, -0.2) is 12.8 Å². The van der Waals surface area contributed by atoms with E-state index < -0.39 is 33.6 Å². The number of halogens is 1. The summed E-state index contributed by atoms with van der Waals surface area (Å²) in [4.78, 5) is 23.3. The van der Waals surface area contributed by atoms with Gasteiger partial charge in [0.2, 0.25) is 10.0 Å². The van der Waals surface area contributed by atoms with Crippen molar-refractivity contribution in [1.29, 1.82) is 0 Å². The minimum absolute atomic E-state index is 0.0474. The predicted octanol–water partition coefficient (Wildman–Crippen LogP) is 2.19. The molecule has 0 unspecified atom stereocenters. The highest BCUT2D eigenvalue weighted by Crippen LogP contribution is 2.31. The molecular formula is C19H17FN2O5S. The normalized spacial score (nSPS) is 19.5. The van der Waals surface area contributed by atoms with Gasteiger partial charge in [-0.05, 0) is 43.2 Å². The van der Waals surface area contributed by atoms with Crippen LogP contribution in [0.2, 0.25) is 0 Å². The topological polar surface area (TPSA) is 92.8 Å². The average molecular weight is 404 g/mol. The number of nitrogens with one attached hydrogen (secondary N) is 1. The highest BCUT2D eigenvalue weighted by molar-refractivity contribution is 7.89. The second kappa shape index (κ2) is 6.99. The number of fused-ring (bicyclic) bond motifs is 1. The van der Waals surface area contributed by atoms with Crippen LogP contribution in [0.25, 0.3) is 0 Å². The summed E-state index contributed by atoms with van der Waals surface area (Å²) < 4.78 is 46.4. The van der Waals surface area contributed by atoms with Crippen molar-refractivity contribution >= 4 is 27.4 Å².